The van der Waals surface area contributed by atoms with Gasteiger partial charge in [-0.25, -0.2) is 0 Å². The Morgan fingerprint density at radius 2 is 1.86 bits per heavy atom. The third kappa shape index (κ3) is 3.92. The minimum absolute atomic E-state index is 0.0367. The molecule has 3 heteroatoms. The van der Waals surface area contributed by atoms with E-state index in [2.05, 4.69) is 15.9 Å². The highest BCUT2D eigenvalue weighted by Crippen LogP contribution is 2.21. The van der Waals surface area contributed by atoms with Crippen molar-refractivity contribution in [2.24, 2.45) is 0 Å². The molecule has 2 nitrogen and oxygen atoms in total. The molecule has 0 aliphatic carbocycles. The van der Waals surface area contributed by atoms with Gasteiger partial charge in [0.1, 0.15) is 5.75 Å². The summed E-state index contributed by atoms with van der Waals surface area (Å²) in [5.74, 6) is 0.726. The van der Waals surface area contributed by atoms with Gasteiger partial charge in [0.2, 0.25) is 0 Å². The summed E-state index contributed by atoms with van der Waals surface area (Å²) in [5, 5.41) is 0. The highest BCUT2D eigenvalue weighted by Gasteiger charge is 2.02. The summed E-state index contributed by atoms with van der Waals surface area (Å²) in [7, 11) is 1.58. The first-order valence-electron chi connectivity index (χ1n) is 4.49. The number of carbonyl (C=O) groups excluding carboxylic acids is 1. The second-order valence-electron chi connectivity index (χ2n) is 2.44. The van der Waals surface area contributed by atoms with Crippen LogP contribution in [0.1, 0.15) is 31.1 Å². The fourth-order valence-corrected chi connectivity index (χ4v) is 1.36. The lowest BCUT2D eigenvalue weighted by atomic mass is 10.1. The molecular formula is C11H15BrO2. The van der Waals surface area contributed by atoms with Gasteiger partial charge < -0.3 is 4.74 Å². The summed E-state index contributed by atoms with van der Waals surface area (Å²) in [6.07, 6.45) is 0. The van der Waals surface area contributed by atoms with Crippen LogP contribution in [0, 0.1) is 0 Å². The van der Waals surface area contributed by atoms with Gasteiger partial charge in [-0.05, 0) is 25.1 Å². The summed E-state index contributed by atoms with van der Waals surface area (Å²) in [6, 6.07) is 5.30. The quantitative estimate of drug-likeness (QED) is 0.757. The lowest BCUT2D eigenvalue weighted by molar-refractivity contribution is 0.101. The Morgan fingerprint density at radius 3 is 2.29 bits per heavy atom. The lowest BCUT2D eigenvalue weighted by Crippen LogP contribution is -1.93. The van der Waals surface area contributed by atoms with Gasteiger partial charge in [0.25, 0.3) is 0 Å². The topological polar surface area (TPSA) is 26.3 Å². The zero-order valence-electron chi connectivity index (χ0n) is 8.93. The summed E-state index contributed by atoms with van der Waals surface area (Å²) in [4.78, 5) is 11.0. The molecule has 1 aromatic rings. The van der Waals surface area contributed by atoms with E-state index in [1.165, 1.54) is 6.92 Å². The summed E-state index contributed by atoms with van der Waals surface area (Å²) >= 11 is 3.29. The molecular weight excluding hydrogens is 244 g/mol. The monoisotopic (exact) mass is 258 g/mol. The number of benzene rings is 1. The zero-order chi connectivity index (χ0) is 11.1. The maximum absolute atomic E-state index is 11.0. The number of hydrogen-bond donors (Lipinski definition) is 0. The largest absolute Gasteiger partial charge is 0.497 e. The maximum Gasteiger partial charge on any atom is 0.159 e. The van der Waals surface area contributed by atoms with Gasteiger partial charge in [0.05, 0.1) is 7.11 Å². The first-order chi connectivity index (χ1) is 6.63. The van der Waals surface area contributed by atoms with Crippen LogP contribution in [0.4, 0.5) is 0 Å². The Labute approximate surface area is 93.4 Å². The van der Waals surface area contributed by atoms with Crippen LogP contribution < -0.4 is 4.74 Å². The molecule has 0 spiro atoms. The molecule has 1 aromatic carbocycles. The van der Waals surface area contributed by atoms with Crippen molar-refractivity contribution < 1.29 is 9.53 Å². The van der Waals surface area contributed by atoms with Crippen molar-refractivity contribution >= 4 is 21.7 Å². The SMILES string of the molecule is CC.COc1cc(Br)cc(C(C)=O)c1. The Bertz CT molecular complexity index is 308. The van der Waals surface area contributed by atoms with Crippen molar-refractivity contribution in [1.82, 2.24) is 0 Å². The minimum Gasteiger partial charge on any atom is -0.497 e. The van der Waals surface area contributed by atoms with E-state index in [0.717, 1.165) is 4.47 Å². The van der Waals surface area contributed by atoms with E-state index in [4.69, 9.17) is 4.74 Å². The third-order valence-electron chi connectivity index (χ3n) is 1.51. The Kier molecular flexibility index (Phi) is 6.21. The van der Waals surface area contributed by atoms with Crippen molar-refractivity contribution in [1.29, 1.82) is 0 Å². The van der Waals surface area contributed by atoms with Crippen molar-refractivity contribution in [2.45, 2.75) is 20.8 Å². The van der Waals surface area contributed by atoms with Gasteiger partial charge in [-0.2, -0.15) is 0 Å². The number of halogens is 1. The number of ether oxygens (including phenoxy) is 1. The minimum atomic E-state index is 0.0367. The predicted molar refractivity (Wildman–Crippen MR) is 62.0 cm³/mol. The van der Waals surface area contributed by atoms with E-state index in [0.29, 0.717) is 11.3 Å². The van der Waals surface area contributed by atoms with Crippen LogP contribution in [-0.4, -0.2) is 12.9 Å². The Balaban J connectivity index is 0.000000791. The highest BCUT2D eigenvalue weighted by molar-refractivity contribution is 9.10. The Hall–Kier alpha value is -0.830. The van der Waals surface area contributed by atoms with Gasteiger partial charge >= 0.3 is 0 Å². The first-order valence-corrected chi connectivity index (χ1v) is 5.28. The van der Waals surface area contributed by atoms with Gasteiger partial charge in [-0.15, -0.1) is 0 Å². The molecule has 0 aliphatic heterocycles. The van der Waals surface area contributed by atoms with E-state index in [9.17, 15) is 4.79 Å². The average molecular weight is 259 g/mol. The van der Waals surface area contributed by atoms with Crippen LogP contribution in [-0.2, 0) is 0 Å². The molecule has 0 aromatic heterocycles. The molecule has 0 aliphatic rings. The van der Waals surface area contributed by atoms with Gasteiger partial charge in [0.15, 0.2) is 5.78 Å². The molecule has 0 N–H and O–H groups in total. The number of hydrogen-bond acceptors (Lipinski definition) is 2. The van der Waals surface area contributed by atoms with Crippen molar-refractivity contribution in [3.63, 3.8) is 0 Å². The number of methoxy groups -OCH3 is 1. The summed E-state index contributed by atoms with van der Waals surface area (Å²) in [5.41, 5.74) is 0.654. The van der Waals surface area contributed by atoms with Crippen LogP contribution in [0.15, 0.2) is 22.7 Å². The fourth-order valence-electron chi connectivity index (χ4n) is 0.884. The average Bonchev–Trinajstić information content (AvgIpc) is 2.20. The van der Waals surface area contributed by atoms with Crippen molar-refractivity contribution in [3.8, 4) is 5.75 Å². The molecule has 0 atom stereocenters. The van der Waals surface area contributed by atoms with Crippen LogP contribution in [0.3, 0.4) is 0 Å². The highest BCUT2D eigenvalue weighted by atomic mass is 79.9. The lowest BCUT2D eigenvalue weighted by Gasteiger charge is -2.02. The number of rotatable bonds is 2. The molecule has 78 valence electrons. The van der Waals surface area contributed by atoms with E-state index in [-0.39, 0.29) is 5.78 Å². The van der Waals surface area contributed by atoms with Crippen molar-refractivity contribution in [2.75, 3.05) is 7.11 Å². The van der Waals surface area contributed by atoms with Crippen molar-refractivity contribution in [3.05, 3.63) is 28.2 Å². The molecule has 0 heterocycles. The molecule has 14 heavy (non-hydrogen) atoms. The number of Topliss-reactive ketones (excluding diaryl/α,β-unsaturated/α-hetero) is 1. The summed E-state index contributed by atoms with van der Waals surface area (Å²) < 4.78 is 5.86. The number of carbonyl (C=O) groups is 1. The van der Waals surface area contributed by atoms with Gasteiger partial charge in [-0.1, -0.05) is 29.8 Å². The smallest absolute Gasteiger partial charge is 0.159 e. The van der Waals surface area contributed by atoms with Gasteiger partial charge in [0, 0.05) is 10.0 Å². The normalized spacial score (nSPS) is 8.64. The van der Waals surface area contributed by atoms with E-state index >= 15 is 0 Å². The summed E-state index contributed by atoms with van der Waals surface area (Å²) in [6.45, 7) is 5.53. The zero-order valence-corrected chi connectivity index (χ0v) is 10.5. The molecule has 1 rings (SSSR count). The van der Waals surface area contributed by atoms with Gasteiger partial charge in [-0.3, -0.25) is 4.79 Å². The first kappa shape index (κ1) is 13.2. The standard InChI is InChI=1S/C9H9BrO2.C2H6/c1-6(11)7-3-8(10)5-9(4-7)12-2;1-2/h3-5H,1-2H3;1-2H3. The van der Waals surface area contributed by atoms with E-state index in [1.807, 2.05) is 19.9 Å². The second-order valence-corrected chi connectivity index (χ2v) is 3.35. The molecule has 0 unspecified atom stereocenters. The molecule has 0 amide bonds. The van der Waals surface area contributed by atoms with Crippen LogP contribution >= 0.6 is 15.9 Å². The Morgan fingerprint density at radius 1 is 1.29 bits per heavy atom. The molecule has 0 saturated heterocycles. The van der Waals surface area contributed by atoms with E-state index in [1.54, 1.807) is 19.2 Å². The molecule has 0 fully saturated rings. The van der Waals surface area contributed by atoms with E-state index < -0.39 is 0 Å². The van der Waals surface area contributed by atoms with Crippen LogP contribution in [0.5, 0.6) is 5.75 Å². The number of ketones is 1. The molecule has 0 radical (unpaired) electrons. The maximum atomic E-state index is 11.0. The third-order valence-corrected chi connectivity index (χ3v) is 1.97. The molecule has 0 bridgehead atoms. The fraction of sp³-hybridized carbons (Fsp3) is 0.364. The second kappa shape index (κ2) is 6.60. The van der Waals surface area contributed by atoms with Crippen LogP contribution in [0.25, 0.3) is 0 Å². The molecule has 0 saturated carbocycles. The predicted octanol–water partition coefficient (Wildman–Crippen LogP) is 3.69. The van der Waals surface area contributed by atoms with Crippen LogP contribution in [0.2, 0.25) is 0 Å².